The standard InChI is InChI=1S/C17H29N3O4S/c1-25(24)19-14-6-15(10-21)20(9-14)8-11-2-3-12-7-18-16(17(22)23)5-13(12)4-11/h10-16,18-19H,2-9H2,1H3,(H,22,23)/t11-,12-,13+,14-,15-,16-,25?/m0/s1. The fourth-order valence-corrected chi connectivity index (χ4v) is 5.59. The van der Waals surface area contributed by atoms with Gasteiger partial charge in [-0.2, -0.15) is 0 Å². The van der Waals surface area contributed by atoms with Crippen LogP contribution in [-0.4, -0.2) is 70.5 Å². The van der Waals surface area contributed by atoms with Gasteiger partial charge < -0.3 is 15.2 Å². The highest BCUT2D eigenvalue weighted by molar-refractivity contribution is 7.82. The number of hydrogen-bond acceptors (Lipinski definition) is 5. The summed E-state index contributed by atoms with van der Waals surface area (Å²) in [6.45, 7) is 2.45. The Morgan fingerprint density at radius 1 is 1.32 bits per heavy atom. The molecule has 0 aromatic heterocycles. The number of aliphatic carboxylic acids is 1. The summed E-state index contributed by atoms with van der Waals surface area (Å²) >= 11 is 0. The van der Waals surface area contributed by atoms with E-state index < -0.39 is 23.0 Å². The van der Waals surface area contributed by atoms with Crippen molar-refractivity contribution >= 4 is 23.2 Å². The monoisotopic (exact) mass is 371 g/mol. The Labute approximate surface area is 151 Å². The normalized spacial score (nSPS) is 40.4. The van der Waals surface area contributed by atoms with Crippen LogP contribution < -0.4 is 10.0 Å². The van der Waals surface area contributed by atoms with Crippen molar-refractivity contribution in [2.75, 3.05) is 25.9 Å². The number of rotatable bonds is 6. The second-order valence-electron chi connectivity index (χ2n) is 7.90. The molecule has 0 aromatic rings. The molecule has 25 heavy (non-hydrogen) atoms. The van der Waals surface area contributed by atoms with E-state index in [0.717, 1.165) is 45.2 Å². The van der Waals surface area contributed by atoms with Crippen LogP contribution in [0.25, 0.3) is 0 Å². The third-order valence-electron chi connectivity index (χ3n) is 6.14. The summed E-state index contributed by atoms with van der Waals surface area (Å²) in [5, 5.41) is 12.4. The summed E-state index contributed by atoms with van der Waals surface area (Å²) < 4.78 is 14.4. The van der Waals surface area contributed by atoms with Crippen LogP contribution in [0, 0.1) is 17.8 Å². The van der Waals surface area contributed by atoms with Gasteiger partial charge in [0.25, 0.3) is 0 Å². The first-order chi connectivity index (χ1) is 12.0. The molecule has 3 fully saturated rings. The first-order valence-electron chi connectivity index (χ1n) is 9.21. The van der Waals surface area contributed by atoms with Gasteiger partial charge in [0.15, 0.2) is 0 Å². The number of carboxylic acids is 1. The Morgan fingerprint density at radius 2 is 2.12 bits per heavy atom. The van der Waals surface area contributed by atoms with Gasteiger partial charge in [0.2, 0.25) is 0 Å². The van der Waals surface area contributed by atoms with Gasteiger partial charge in [0.05, 0.1) is 17.0 Å². The Bertz CT molecular complexity index is 532. The second kappa shape index (κ2) is 8.24. The molecule has 0 aromatic carbocycles. The fourth-order valence-electron chi connectivity index (χ4n) is 4.95. The van der Waals surface area contributed by atoms with Crippen molar-refractivity contribution in [3.05, 3.63) is 0 Å². The smallest absolute Gasteiger partial charge is 0.320 e. The van der Waals surface area contributed by atoms with E-state index in [1.165, 1.54) is 0 Å². The van der Waals surface area contributed by atoms with Crippen molar-refractivity contribution < 1.29 is 18.9 Å². The Kier molecular flexibility index (Phi) is 6.25. The molecule has 0 radical (unpaired) electrons. The molecule has 0 bridgehead atoms. The minimum atomic E-state index is -1.06. The van der Waals surface area contributed by atoms with Gasteiger partial charge in [-0.05, 0) is 56.4 Å². The number of piperidine rings is 1. The molecule has 3 rings (SSSR count). The van der Waals surface area contributed by atoms with E-state index in [2.05, 4.69) is 14.9 Å². The molecule has 8 heteroatoms. The van der Waals surface area contributed by atoms with Gasteiger partial charge in [-0.25, -0.2) is 8.93 Å². The molecular formula is C17H29N3O4S. The lowest BCUT2D eigenvalue weighted by molar-refractivity contribution is -0.141. The Balaban J connectivity index is 1.55. The molecule has 1 unspecified atom stereocenters. The van der Waals surface area contributed by atoms with Gasteiger partial charge in [-0.3, -0.25) is 9.69 Å². The van der Waals surface area contributed by atoms with E-state index in [1.54, 1.807) is 6.26 Å². The van der Waals surface area contributed by atoms with E-state index in [0.29, 0.717) is 30.6 Å². The summed E-state index contributed by atoms with van der Waals surface area (Å²) in [5.74, 6) is 0.824. The lowest BCUT2D eigenvalue weighted by atomic mass is 9.69. The van der Waals surface area contributed by atoms with E-state index in [4.69, 9.17) is 0 Å². The topological polar surface area (TPSA) is 98.7 Å². The van der Waals surface area contributed by atoms with Crippen molar-refractivity contribution in [2.45, 2.75) is 50.2 Å². The first kappa shape index (κ1) is 18.9. The van der Waals surface area contributed by atoms with Gasteiger partial charge in [-0.15, -0.1) is 0 Å². The summed E-state index contributed by atoms with van der Waals surface area (Å²) in [4.78, 5) is 24.9. The number of nitrogens with one attached hydrogen (secondary N) is 2. The van der Waals surface area contributed by atoms with Crippen LogP contribution >= 0.6 is 0 Å². The van der Waals surface area contributed by atoms with E-state index in [-0.39, 0.29) is 12.1 Å². The van der Waals surface area contributed by atoms with Crippen LogP contribution in [0.4, 0.5) is 0 Å². The highest BCUT2D eigenvalue weighted by atomic mass is 32.2. The molecular weight excluding hydrogens is 342 g/mol. The van der Waals surface area contributed by atoms with Gasteiger partial charge in [0.1, 0.15) is 12.3 Å². The molecule has 2 heterocycles. The summed E-state index contributed by atoms with van der Waals surface area (Å²) in [6, 6.07) is -0.408. The lowest BCUT2D eigenvalue weighted by Gasteiger charge is -2.42. The number of carbonyl (C=O) groups is 2. The predicted molar refractivity (Wildman–Crippen MR) is 95.4 cm³/mol. The molecule has 0 spiro atoms. The zero-order valence-electron chi connectivity index (χ0n) is 14.7. The van der Waals surface area contributed by atoms with Crippen LogP contribution in [0.5, 0.6) is 0 Å². The maximum absolute atomic E-state index is 11.4. The van der Waals surface area contributed by atoms with Gasteiger partial charge in [-0.1, -0.05) is 0 Å². The molecule has 142 valence electrons. The number of likely N-dealkylation sites (tertiary alicyclic amines) is 1. The zero-order chi connectivity index (χ0) is 18.0. The Hall–Kier alpha value is -0.830. The van der Waals surface area contributed by atoms with Crippen LogP contribution in [-0.2, 0) is 20.6 Å². The van der Waals surface area contributed by atoms with Crippen LogP contribution in [0.1, 0.15) is 32.1 Å². The third-order valence-corrected chi connectivity index (χ3v) is 6.81. The second-order valence-corrected chi connectivity index (χ2v) is 9.04. The van der Waals surface area contributed by atoms with Crippen molar-refractivity contribution in [2.24, 2.45) is 17.8 Å². The van der Waals surface area contributed by atoms with Crippen LogP contribution in [0.3, 0.4) is 0 Å². The van der Waals surface area contributed by atoms with Gasteiger partial charge >= 0.3 is 5.97 Å². The predicted octanol–water partition coefficient (Wildman–Crippen LogP) is -0.00970. The maximum Gasteiger partial charge on any atom is 0.320 e. The number of nitrogens with zero attached hydrogens (tertiary/aromatic N) is 1. The summed E-state index contributed by atoms with van der Waals surface area (Å²) in [7, 11) is -1.06. The average Bonchev–Trinajstić information content (AvgIpc) is 2.94. The lowest BCUT2D eigenvalue weighted by Crippen LogP contribution is -2.50. The summed E-state index contributed by atoms with van der Waals surface area (Å²) in [5.41, 5.74) is 0. The van der Waals surface area contributed by atoms with E-state index in [9.17, 15) is 18.9 Å². The molecule has 2 aliphatic heterocycles. The number of fused-ring (bicyclic) bond motifs is 1. The highest BCUT2D eigenvalue weighted by Gasteiger charge is 2.40. The third kappa shape index (κ3) is 4.67. The van der Waals surface area contributed by atoms with Gasteiger partial charge in [0, 0.05) is 25.4 Å². The van der Waals surface area contributed by atoms with Crippen molar-refractivity contribution in [3.8, 4) is 0 Å². The van der Waals surface area contributed by atoms with Crippen molar-refractivity contribution in [3.63, 3.8) is 0 Å². The molecule has 0 amide bonds. The number of carbonyl (C=O) groups excluding carboxylic acids is 1. The minimum Gasteiger partial charge on any atom is -0.480 e. The van der Waals surface area contributed by atoms with E-state index >= 15 is 0 Å². The van der Waals surface area contributed by atoms with Crippen molar-refractivity contribution in [1.82, 2.24) is 14.9 Å². The maximum atomic E-state index is 11.4. The largest absolute Gasteiger partial charge is 0.480 e. The molecule has 1 aliphatic carbocycles. The minimum absolute atomic E-state index is 0.0986. The molecule has 1 saturated carbocycles. The quantitative estimate of drug-likeness (QED) is 0.568. The number of aldehydes is 1. The number of carboxylic acid groups (broad SMARTS) is 1. The zero-order valence-corrected chi connectivity index (χ0v) is 15.5. The molecule has 3 N–H and O–H groups in total. The molecule has 7 atom stereocenters. The summed E-state index contributed by atoms with van der Waals surface area (Å²) in [6.07, 6.45) is 7.39. The molecule has 2 saturated heterocycles. The fraction of sp³-hybridized carbons (Fsp3) is 0.882. The molecule has 7 nitrogen and oxygen atoms in total. The SMILES string of the molecule is CS(=O)N[C@H]1C[C@@H](C=O)N(C[C@H]2CC[C@H]3CN[C@H](C(=O)O)C[C@H]3C2)C1. The first-order valence-corrected chi connectivity index (χ1v) is 10.8. The number of hydrogen-bond donors (Lipinski definition) is 3. The van der Waals surface area contributed by atoms with Crippen LogP contribution in [0.2, 0.25) is 0 Å². The average molecular weight is 372 g/mol. The van der Waals surface area contributed by atoms with E-state index in [1.807, 2.05) is 0 Å². The molecule has 3 aliphatic rings. The van der Waals surface area contributed by atoms with Crippen molar-refractivity contribution in [1.29, 1.82) is 0 Å². The highest BCUT2D eigenvalue weighted by Crippen LogP contribution is 2.39. The Morgan fingerprint density at radius 3 is 2.80 bits per heavy atom. The van der Waals surface area contributed by atoms with Crippen LogP contribution in [0.15, 0.2) is 0 Å².